The summed E-state index contributed by atoms with van der Waals surface area (Å²) >= 11 is 0. The van der Waals surface area contributed by atoms with Crippen LogP contribution in [0.5, 0.6) is 0 Å². The molecule has 0 spiro atoms. The van der Waals surface area contributed by atoms with Crippen molar-refractivity contribution in [2.75, 3.05) is 6.54 Å². The van der Waals surface area contributed by atoms with E-state index >= 15 is 0 Å². The van der Waals surface area contributed by atoms with E-state index in [9.17, 15) is 0 Å². The van der Waals surface area contributed by atoms with Crippen LogP contribution in [0, 0.1) is 0 Å². The summed E-state index contributed by atoms with van der Waals surface area (Å²) in [7, 11) is 0. The standard InChI is InChI=1S/C13H15N/c1-10-6-7-13-12-5-3-2-4-11(12)8-9-14(10)13/h2-5,13H,1,6-9H2. The van der Waals surface area contributed by atoms with Crippen LogP contribution in [0.2, 0.25) is 0 Å². The van der Waals surface area contributed by atoms with E-state index in [1.807, 2.05) is 0 Å². The summed E-state index contributed by atoms with van der Waals surface area (Å²) in [6.07, 6.45) is 3.63. The number of hydrogen-bond donors (Lipinski definition) is 0. The first-order valence-corrected chi connectivity index (χ1v) is 5.38. The first-order chi connectivity index (χ1) is 6.86. The summed E-state index contributed by atoms with van der Waals surface area (Å²) < 4.78 is 0. The molecule has 1 aromatic carbocycles. The summed E-state index contributed by atoms with van der Waals surface area (Å²) in [5, 5.41) is 0. The highest BCUT2D eigenvalue weighted by molar-refractivity contribution is 5.35. The Hall–Kier alpha value is -1.24. The van der Waals surface area contributed by atoms with Gasteiger partial charge in [0.2, 0.25) is 0 Å². The maximum atomic E-state index is 4.14. The van der Waals surface area contributed by atoms with Gasteiger partial charge >= 0.3 is 0 Å². The van der Waals surface area contributed by atoms with Crippen molar-refractivity contribution in [2.45, 2.75) is 25.3 Å². The van der Waals surface area contributed by atoms with Gasteiger partial charge in [-0.2, -0.15) is 0 Å². The molecule has 3 rings (SSSR count). The molecule has 1 aromatic rings. The number of benzene rings is 1. The normalized spacial score (nSPS) is 24.7. The quantitative estimate of drug-likeness (QED) is 0.600. The van der Waals surface area contributed by atoms with Gasteiger partial charge in [0.15, 0.2) is 0 Å². The minimum atomic E-state index is 0.632. The lowest BCUT2D eigenvalue weighted by Crippen LogP contribution is -2.29. The Bertz CT molecular complexity index is 381. The van der Waals surface area contributed by atoms with Crippen LogP contribution in [-0.4, -0.2) is 11.4 Å². The van der Waals surface area contributed by atoms with E-state index < -0.39 is 0 Å². The molecule has 72 valence electrons. The maximum Gasteiger partial charge on any atom is 0.0545 e. The van der Waals surface area contributed by atoms with E-state index in [4.69, 9.17) is 0 Å². The zero-order valence-electron chi connectivity index (χ0n) is 8.37. The van der Waals surface area contributed by atoms with Crippen molar-refractivity contribution in [3.63, 3.8) is 0 Å². The van der Waals surface area contributed by atoms with E-state index in [2.05, 4.69) is 35.7 Å². The summed E-state index contributed by atoms with van der Waals surface area (Å²) in [6, 6.07) is 9.49. The highest BCUT2D eigenvalue weighted by Crippen LogP contribution is 2.41. The van der Waals surface area contributed by atoms with Gasteiger partial charge in [-0.25, -0.2) is 0 Å². The number of fused-ring (bicyclic) bond motifs is 3. The van der Waals surface area contributed by atoms with Crippen LogP contribution in [0.1, 0.15) is 30.0 Å². The molecule has 2 aliphatic heterocycles. The van der Waals surface area contributed by atoms with Gasteiger partial charge in [-0.05, 0) is 30.4 Å². The molecule has 1 nitrogen and oxygen atoms in total. The Kier molecular flexibility index (Phi) is 1.66. The van der Waals surface area contributed by atoms with E-state index in [1.54, 1.807) is 5.56 Å². The minimum Gasteiger partial charge on any atom is -0.368 e. The molecule has 1 saturated heterocycles. The van der Waals surface area contributed by atoms with Gasteiger partial charge in [0.05, 0.1) is 6.04 Å². The van der Waals surface area contributed by atoms with E-state index in [-0.39, 0.29) is 0 Å². The Morgan fingerprint density at radius 2 is 2.07 bits per heavy atom. The molecule has 1 atom stereocenters. The highest BCUT2D eigenvalue weighted by Gasteiger charge is 2.32. The molecule has 0 N–H and O–H groups in total. The van der Waals surface area contributed by atoms with Crippen molar-refractivity contribution in [3.8, 4) is 0 Å². The van der Waals surface area contributed by atoms with Crippen LogP contribution < -0.4 is 0 Å². The second-order valence-electron chi connectivity index (χ2n) is 4.26. The van der Waals surface area contributed by atoms with E-state index in [0.717, 1.165) is 0 Å². The molecular formula is C13H15N. The monoisotopic (exact) mass is 185 g/mol. The molecule has 0 saturated carbocycles. The zero-order chi connectivity index (χ0) is 9.54. The lowest BCUT2D eigenvalue weighted by atomic mass is 9.93. The van der Waals surface area contributed by atoms with Crippen LogP contribution in [0.3, 0.4) is 0 Å². The van der Waals surface area contributed by atoms with Crippen molar-refractivity contribution in [1.82, 2.24) is 4.90 Å². The molecule has 0 aliphatic carbocycles. The molecule has 0 amide bonds. The van der Waals surface area contributed by atoms with Gasteiger partial charge in [0, 0.05) is 12.2 Å². The van der Waals surface area contributed by atoms with Crippen molar-refractivity contribution in [1.29, 1.82) is 0 Å². The van der Waals surface area contributed by atoms with Crippen molar-refractivity contribution < 1.29 is 0 Å². The summed E-state index contributed by atoms with van der Waals surface area (Å²) in [6.45, 7) is 5.30. The molecule has 14 heavy (non-hydrogen) atoms. The van der Waals surface area contributed by atoms with Gasteiger partial charge in [-0.15, -0.1) is 0 Å². The van der Waals surface area contributed by atoms with Gasteiger partial charge in [0.1, 0.15) is 0 Å². The van der Waals surface area contributed by atoms with Crippen LogP contribution in [0.4, 0.5) is 0 Å². The van der Waals surface area contributed by atoms with Crippen molar-refractivity contribution in [3.05, 3.63) is 47.7 Å². The van der Waals surface area contributed by atoms with Crippen molar-refractivity contribution in [2.24, 2.45) is 0 Å². The van der Waals surface area contributed by atoms with E-state index in [0.29, 0.717) is 6.04 Å². The second-order valence-corrected chi connectivity index (χ2v) is 4.26. The van der Waals surface area contributed by atoms with Crippen molar-refractivity contribution >= 4 is 0 Å². The van der Waals surface area contributed by atoms with Gasteiger partial charge in [0.25, 0.3) is 0 Å². The fourth-order valence-electron chi connectivity index (χ4n) is 2.79. The van der Waals surface area contributed by atoms with Crippen LogP contribution in [0.15, 0.2) is 36.5 Å². The smallest absolute Gasteiger partial charge is 0.0545 e. The molecule has 2 heterocycles. The van der Waals surface area contributed by atoms with Gasteiger partial charge in [-0.1, -0.05) is 30.8 Å². The summed E-state index contributed by atoms with van der Waals surface area (Å²) in [4.78, 5) is 2.49. The number of hydrogen-bond acceptors (Lipinski definition) is 1. The molecule has 1 heteroatoms. The number of allylic oxidation sites excluding steroid dienone is 1. The lowest BCUT2D eigenvalue weighted by molar-refractivity contribution is 0.283. The fourth-order valence-corrected chi connectivity index (χ4v) is 2.79. The Morgan fingerprint density at radius 1 is 1.21 bits per heavy atom. The topological polar surface area (TPSA) is 3.24 Å². The van der Waals surface area contributed by atoms with Crippen LogP contribution >= 0.6 is 0 Å². The summed E-state index contributed by atoms with van der Waals surface area (Å²) in [5.74, 6) is 0. The maximum absolute atomic E-state index is 4.14. The largest absolute Gasteiger partial charge is 0.368 e. The molecule has 0 bridgehead atoms. The third-order valence-electron chi connectivity index (χ3n) is 3.52. The SMILES string of the molecule is C=C1CCC2c3ccccc3CCN12. The highest BCUT2D eigenvalue weighted by atomic mass is 15.2. The van der Waals surface area contributed by atoms with Crippen LogP contribution in [-0.2, 0) is 6.42 Å². The zero-order valence-corrected chi connectivity index (χ0v) is 8.37. The first kappa shape index (κ1) is 8.10. The average molecular weight is 185 g/mol. The Balaban J connectivity index is 2.07. The average Bonchev–Trinajstić information content (AvgIpc) is 2.61. The van der Waals surface area contributed by atoms with E-state index in [1.165, 1.54) is 37.1 Å². The van der Waals surface area contributed by atoms with Gasteiger partial charge < -0.3 is 4.90 Å². The third kappa shape index (κ3) is 1.02. The second kappa shape index (κ2) is 2.88. The molecule has 0 radical (unpaired) electrons. The number of rotatable bonds is 0. The van der Waals surface area contributed by atoms with Crippen LogP contribution in [0.25, 0.3) is 0 Å². The third-order valence-corrected chi connectivity index (χ3v) is 3.52. The minimum absolute atomic E-state index is 0.632. The molecule has 2 aliphatic rings. The van der Waals surface area contributed by atoms with Gasteiger partial charge in [-0.3, -0.25) is 0 Å². The molecular weight excluding hydrogens is 170 g/mol. The predicted octanol–water partition coefficient (Wildman–Crippen LogP) is 2.89. The number of nitrogens with zero attached hydrogens (tertiary/aromatic N) is 1. The molecule has 0 aromatic heterocycles. The molecule has 1 fully saturated rings. The fraction of sp³-hybridized carbons (Fsp3) is 0.385. The first-order valence-electron chi connectivity index (χ1n) is 5.38. The molecule has 1 unspecified atom stereocenters. The predicted molar refractivity (Wildman–Crippen MR) is 58.0 cm³/mol. The Morgan fingerprint density at radius 3 is 3.00 bits per heavy atom. The lowest BCUT2D eigenvalue weighted by Gasteiger charge is -2.34. The summed E-state index contributed by atoms with van der Waals surface area (Å²) in [5.41, 5.74) is 4.42. The Labute approximate surface area is 85.0 Å².